The molecule has 0 aromatic carbocycles. The van der Waals surface area contributed by atoms with Gasteiger partial charge in [0.1, 0.15) is 0 Å². The van der Waals surface area contributed by atoms with Gasteiger partial charge in [0.05, 0.1) is 0 Å². The molecular weight excluding hydrogens is 182 g/mol. The van der Waals surface area contributed by atoms with Gasteiger partial charge in [-0.1, -0.05) is 25.3 Å². The third-order valence-electron chi connectivity index (χ3n) is 1.31. The zero-order chi connectivity index (χ0) is 11.1. The topological polar surface area (TPSA) is 80.4 Å². The second-order valence-corrected chi connectivity index (χ2v) is 2.34. The summed E-state index contributed by atoms with van der Waals surface area (Å²) in [5, 5.41) is 8.41. The van der Waals surface area contributed by atoms with E-state index in [0.29, 0.717) is 0 Å². The van der Waals surface area contributed by atoms with E-state index in [0.717, 1.165) is 6.08 Å². The molecule has 0 aliphatic carbocycles. The summed E-state index contributed by atoms with van der Waals surface area (Å²) in [6.45, 7) is 6.72. The molecule has 0 atom stereocenters. The standard InChI is InChI=1S/C10H11NO3/c1-3-5-8(11)6-7(4-2)9(12)10(13)14/h3-6H,1-2,11H2,(H,13,14)/b7-6+,8-5+. The van der Waals surface area contributed by atoms with Crippen LogP contribution >= 0.6 is 0 Å². The number of rotatable bonds is 5. The van der Waals surface area contributed by atoms with Gasteiger partial charge in [0.15, 0.2) is 0 Å². The van der Waals surface area contributed by atoms with E-state index in [-0.39, 0.29) is 11.3 Å². The Bertz CT molecular complexity index is 337. The Morgan fingerprint density at radius 3 is 2.21 bits per heavy atom. The molecule has 0 aromatic heterocycles. The molecule has 4 nitrogen and oxygen atoms in total. The van der Waals surface area contributed by atoms with E-state index in [1.165, 1.54) is 18.2 Å². The average Bonchev–Trinajstić information content (AvgIpc) is 2.13. The quantitative estimate of drug-likeness (QED) is 0.384. The van der Waals surface area contributed by atoms with Crippen molar-refractivity contribution in [3.05, 3.63) is 48.7 Å². The lowest BCUT2D eigenvalue weighted by atomic mass is 10.1. The first-order valence-corrected chi connectivity index (χ1v) is 3.73. The Kier molecular flexibility index (Phi) is 4.70. The summed E-state index contributed by atoms with van der Waals surface area (Å²) in [5.41, 5.74) is 5.60. The minimum Gasteiger partial charge on any atom is -0.475 e. The van der Waals surface area contributed by atoms with E-state index in [2.05, 4.69) is 13.2 Å². The fourth-order valence-corrected chi connectivity index (χ4v) is 0.704. The average molecular weight is 193 g/mol. The Morgan fingerprint density at radius 2 is 1.86 bits per heavy atom. The van der Waals surface area contributed by atoms with Crippen molar-refractivity contribution in [1.82, 2.24) is 0 Å². The first kappa shape index (κ1) is 11.9. The molecule has 0 fully saturated rings. The van der Waals surface area contributed by atoms with Crippen LogP contribution in [0.2, 0.25) is 0 Å². The summed E-state index contributed by atoms with van der Waals surface area (Å²) in [5.74, 6) is -2.58. The maximum Gasteiger partial charge on any atom is 0.377 e. The molecule has 0 bridgehead atoms. The molecule has 0 unspecified atom stereocenters. The van der Waals surface area contributed by atoms with Crippen molar-refractivity contribution in [2.45, 2.75) is 0 Å². The lowest BCUT2D eigenvalue weighted by molar-refractivity contribution is -0.147. The molecule has 0 aromatic rings. The van der Waals surface area contributed by atoms with Crippen molar-refractivity contribution < 1.29 is 14.7 Å². The van der Waals surface area contributed by atoms with Crippen LogP contribution in [-0.4, -0.2) is 16.9 Å². The number of carboxylic acid groups (broad SMARTS) is 1. The molecule has 4 heteroatoms. The van der Waals surface area contributed by atoms with Gasteiger partial charge in [-0.2, -0.15) is 0 Å². The Hall–Kier alpha value is -2.10. The molecule has 14 heavy (non-hydrogen) atoms. The highest BCUT2D eigenvalue weighted by molar-refractivity contribution is 6.40. The van der Waals surface area contributed by atoms with Crippen LogP contribution in [0.3, 0.4) is 0 Å². The van der Waals surface area contributed by atoms with Crippen LogP contribution < -0.4 is 5.73 Å². The molecule has 0 amide bonds. The van der Waals surface area contributed by atoms with Crippen LogP contribution in [0.5, 0.6) is 0 Å². The number of Topliss-reactive ketones (excluding diaryl/α,β-unsaturated/α-hetero) is 1. The predicted molar refractivity (Wildman–Crippen MR) is 53.4 cm³/mol. The van der Waals surface area contributed by atoms with Gasteiger partial charge >= 0.3 is 5.97 Å². The number of carbonyl (C=O) groups is 2. The summed E-state index contributed by atoms with van der Waals surface area (Å²) in [4.78, 5) is 21.3. The molecule has 0 aliphatic heterocycles. The number of carboxylic acids is 1. The van der Waals surface area contributed by atoms with Gasteiger partial charge in [0.25, 0.3) is 5.78 Å². The number of hydrogen-bond donors (Lipinski definition) is 2. The van der Waals surface area contributed by atoms with E-state index in [9.17, 15) is 9.59 Å². The van der Waals surface area contributed by atoms with E-state index in [1.807, 2.05) is 0 Å². The lowest BCUT2D eigenvalue weighted by Crippen LogP contribution is -2.14. The van der Waals surface area contributed by atoms with Crippen LogP contribution in [-0.2, 0) is 9.59 Å². The maximum atomic E-state index is 11.0. The SMILES string of the molecule is C=C/C=C(N)\C=C(/C=C)C(=O)C(=O)O. The number of allylic oxidation sites excluding steroid dienone is 4. The molecule has 0 spiro atoms. The lowest BCUT2D eigenvalue weighted by Gasteiger charge is -1.96. The highest BCUT2D eigenvalue weighted by Gasteiger charge is 2.14. The summed E-state index contributed by atoms with van der Waals surface area (Å²) in [6.07, 6.45) is 5.24. The molecule has 74 valence electrons. The molecule has 0 rings (SSSR count). The largest absolute Gasteiger partial charge is 0.475 e. The number of nitrogens with two attached hydrogens (primary N) is 1. The molecule has 0 saturated heterocycles. The van der Waals surface area contributed by atoms with E-state index in [4.69, 9.17) is 10.8 Å². The molecule has 0 saturated carbocycles. The van der Waals surface area contributed by atoms with E-state index in [1.54, 1.807) is 0 Å². The van der Waals surface area contributed by atoms with Gasteiger partial charge in [0, 0.05) is 11.3 Å². The van der Waals surface area contributed by atoms with E-state index < -0.39 is 11.8 Å². The zero-order valence-electron chi connectivity index (χ0n) is 7.56. The highest BCUT2D eigenvalue weighted by atomic mass is 16.4. The number of hydrogen-bond acceptors (Lipinski definition) is 3. The minimum absolute atomic E-state index is 0.0619. The first-order chi connectivity index (χ1) is 6.52. The molecule has 3 N–H and O–H groups in total. The van der Waals surface area contributed by atoms with Crippen molar-refractivity contribution in [3.63, 3.8) is 0 Å². The summed E-state index contributed by atoms with van der Waals surface area (Å²) < 4.78 is 0. The third-order valence-corrected chi connectivity index (χ3v) is 1.31. The Labute approximate surface area is 81.7 Å². The van der Waals surface area contributed by atoms with Crippen molar-refractivity contribution in [2.75, 3.05) is 0 Å². The highest BCUT2D eigenvalue weighted by Crippen LogP contribution is 2.01. The Morgan fingerprint density at radius 1 is 1.29 bits per heavy atom. The summed E-state index contributed by atoms with van der Waals surface area (Å²) >= 11 is 0. The van der Waals surface area contributed by atoms with Crippen molar-refractivity contribution >= 4 is 11.8 Å². The van der Waals surface area contributed by atoms with Gasteiger partial charge in [-0.05, 0) is 12.2 Å². The monoisotopic (exact) mass is 193 g/mol. The predicted octanol–water partition coefficient (Wildman–Crippen LogP) is 0.781. The first-order valence-electron chi connectivity index (χ1n) is 3.73. The maximum absolute atomic E-state index is 11.0. The van der Waals surface area contributed by atoms with Gasteiger partial charge in [-0.3, -0.25) is 4.79 Å². The van der Waals surface area contributed by atoms with Crippen LogP contribution in [0.25, 0.3) is 0 Å². The molecule has 0 aliphatic rings. The summed E-state index contributed by atoms with van der Waals surface area (Å²) in [6, 6.07) is 0. The third kappa shape index (κ3) is 3.53. The summed E-state index contributed by atoms with van der Waals surface area (Å²) in [7, 11) is 0. The Balaban J connectivity index is 4.99. The molecule has 0 radical (unpaired) electrons. The zero-order valence-corrected chi connectivity index (χ0v) is 7.56. The second-order valence-electron chi connectivity index (χ2n) is 2.34. The fourth-order valence-electron chi connectivity index (χ4n) is 0.704. The minimum atomic E-state index is -1.54. The molecular formula is C10H11NO3. The fraction of sp³-hybridized carbons (Fsp3) is 0. The smallest absolute Gasteiger partial charge is 0.377 e. The second kappa shape index (κ2) is 5.53. The number of ketones is 1. The van der Waals surface area contributed by atoms with Crippen LogP contribution in [0.15, 0.2) is 48.7 Å². The van der Waals surface area contributed by atoms with Crippen molar-refractivity contribution in [2.24, 2.45) is 5.73 Å². The van der Waals surface area contributed by atoms with Crippen LogP contribution in [0.1, 0.15) is 0 Å². The van der Waals surface area contributed by atoms with Gasteiger partial charge in [-0.25, -0.2) is 4.79 Å². The van der Waals surface area contributed by atoms with Crippen molar-refractivity contribution in [3.8, 4) is 0 Å². The van der Waals surface area contributed by atoms with Gasteiger partial charge in [-0.15, -0.1) is 0 Å². The number of aliphatic carboxylic acids is 1. The number of carbonyl (C=O) groups excluding carboxylic acids is 1. The van der Waals surface area contributed by atoms with E-state index >= 15 is 0 Å². The van der Waals surface area contributed by atoms with Crippen LogP contribution in [0, 0.1) is 0 Å². The van der Waals surface area contributed by atoms with Gasteiger partial charge in [0.2, 0.25) is 0 Å². The molecule has 0 heterocycles. The normalized spacial score (nSPS) is 12.0. The van der Waals surface area contributed by atoms with Crippen molar-refractivity contribution in [1.29, 1.82) is 0 Å². The van der Waals surface area contributed by atoms with Gasteiger partial charge < -0.3 is 10.8 Å². The van der Waals surface area contributed by atoms with Crippen LogP contribution in [0.4, 0.5) is 0 Å².